The van der Waals surface area contributed by atoms with Crippen molar-refractivity contribution in [2.24, 2.45) is 0 Å². The maximum absolute atomic E-state index is 12.6. The Kier molecular flexibility index (Phi) is 8.35. The fraction of sp³-hybridized carbons (Fsp3) is 0.583. The van der Waals surface area contributed by atoms with Gasteiger partial charge in [-0.3, -0.25) is 14.5 Å². The first-order chi connectivity index (χ1) is 15.0. The molecule has 170 valence electrons. The fourth-order valence-corrected chi connectivity index (χ4v) is 4.24. The summed E-state index contributed by atoms with van der Waals surface area (Å²) in [5, 5.41) is 0. The van der Waals surface area contributed by atoms with Crippen LogP contribution < -0.4 is 9.47 Å². The van der Waals surface area contributed by atoms with Gasteiger partial charge < -0.3 is 19.3 Å². The molecule has 2 fully saturated rings. The van der Waals surface area contributed by atoms with Crippen LogP contribution in [0.15, 0.2) is 24.3 Å². The minimum Gasteiger partial charge on any atom is -0.493 e. The quantitative estimate of drug-likeness (QED) is 0.667. The van der Waals surface area contributed by atoms with Gasteiger partial charge in [0.05, 0.1) is 13.7 Å². The number of nitrogens with zero attached hydrogens (tertiary/aromatic N) is 3. The third-order valence-corrected chi connectivity index (χ3v) is 6.11. The number of likely N-dealkylation sites (tertiary alicyclic amines) is 1. The molecule has 7 nitrogen and oxygen atoms in total. The van der Waals surface area contributed by atoms with E-state index in [0.29, 0.717) is 50.3 Å². The first kappa shape index (κ1) is 23.1. The summed E-state index contributed by atoms with van der Waals surface area (Å²) >= 11 is 0. The van der Waals surface area contributed by atoms with Gasteiger partial charge in [-0.1, -0.05) is 18.2 Å². The van der Waals surface area contributed by atoms with Gasteiger partial charge in [0.25, 0.3) is 5.91 Å². The smallest absolute Gasteiger partial charge is 0.260 e. The van der Waals surface area contributed by atoms with Crippen LogP contribution in [0.5, 0.6) is 11.5 Å². The molecule has 1 unspecified atom stereocenters. The summed E-state index contributed by atoms with van der Waals surface area (Å²) in [6.07, 6.45) is 7.34. The third-order valence-electron chi connectivity index (χ3n) is 6.11. The highest BCUT2D eigenvalue weighted by molar-refractivity contribution is 5.79. The highest BCUT2D eigenvalue weighted by atomic mass is 16.5. The molecule has 7 heteroatoms. The van der Waals surface area contributed by atoms with Gasteiger partial charge in [-0.2, -0.15) is 0 Å². The van der Waals surface area contributed by atoms with E-state index >= 15 is 0 Å². The Morgan fingerprint density at radius 1 is 1.06 bits per heavy atom. The number of piperidine rings is 1. The lowest BCUT2D eigenvalue weighted by Gasteiger charge is -2.38. The van der Waals surface area contributed by atoms with Crippen molar-refractivity contribution in [1.82, 2.24) is 14.7 Å². The van der Waals surface area contributed by atoms with E-state index in [4.69, 9.17) is 9.47 Å². The SMILES string of the molecule is C/C=C/c1ccc(OCC(=O)N2CCN(CC(=O)N3CCCCC3C)CC2)c(OC)c1. The zero-order valence-electron chi connectivity index (χ0n) is 19.0. The number of hydrogen-bond donors (Lipinski definition) is 0. The molecule has 3 rings (SSSR count). The lowest BCUT2D eigenvalue weighted by molar-refractivity contribution is -0.138. The van der Waals surface area contributed by atoms with Crippen molar-refractivity contribution >= 4 is 17.9 Å². The molecule has 1 aromatic rings. The molecule has 31 heavy (non-hydrogen) atoms. The largest absolute Gasteiger partial charge is 0.493 e. The summed E-state index contributed by atoms with van der Waals surface area (Å²) in [5.41, 5.74) is 1.02. The number of ether oxygens (including phenoxy) is 2. The summed E-state index contributed by atoms with van der Waals surface area (Å²) in [6.45, 7) is 8.03. The lowest BCUT2D eigenvalue weighted by atomic mass is 10.0. The topological polar surface area (TPSA) is 62.3 Å². The molecule has 2 amide bonds. The molecule has 0 saturated carbocycles. The second-order valence-electron chi connectivity index (χ2n) is 8.29. The molecule has 1 aromatic carbocycles. The molecule has 2 aliphatic rings. The van der Waals surface area contributed by atoms with E-state index in [9.17, 15) is 9.59 Å². The zero-order valence-corrected chi connectivity index (χ0v) is 19.0. The first-order valence-corrected chi connectivity index (χ1v) is 11.2. The van der Waals surface area contributed by atoms with Crippen molar-refractivity contribution in [2.45, 2.75) is 39.2 Å². The van der Waals surface area contributed by atoms with E-state index in [-0.39, 0.29) is 18.4 Å². The number of rotatable bonds is 7. The van der Waals surface area contributed by atoms with Gasteiger partial charge >= 0.3 is 0 Å². The molecule has 0 radical (unpaired) electrons. The van der Waals surface area contributed by atoms with Gasteiger partial charge in [-0.25, -0.2) is 0 Å². The summed E-state index contributed by atoms with van der Waals surface area (Å²) in [4.78, 5) is 31.2. The number of carbonyl (C=O) groups excluding carboxylic acids is 2. The molecule has 0 aromatic heterocycles. The van der Waals surface area contributed by atoms with Gasteiger partial charge in [-0.05, 0) is 50.8 Å². The monoisotopic (exact) mass is 429 g/mol. The van der Waals surface area contributed by atoms with Crippen molar-refractivity contribution in [1.29, 1.82) is 0 Å². The van der Waals surface area contributed by atoms with Gasteiger partial charge in [0.15, 0.2) is 18.1 Å². The number of carbonyl (C=O) groups is 2. The van der Waals surface area contributed by atoms with Gasteiger partial charge in [0.1, 0.15) is 0 Å². The van der Waals surface area contributed by atoms with Crippen LogP contribution in [0.3, 0.4) is 0 Å². The van der Waals surface area contributed by atoms with Crippen molar-refractivity contribution in [3.8, 4) is 11.5 Å². The molecule has 0 aliphatic carbocycles. The maximum atomic E-state index is 12.6. The zero-order chi connectivity index (χ0) is 22.2. The maximum Gasteiger partial charge on any atom is 0.260 e. The summed E-state index contributed by atoms with van der Waals surface area (Å²) in [6, 6.07) is 5.98. The Morgan fingerprint density at radius 3 is 2.52 bits per heavy atom. The van der Waals surface area contributed by atoms with Crippen LogP contribution in [0.1, 0.15) is 38.7 Å². The van der Waals surface area contributed by atoms with Crippen LogP contribution in [0, 0.1) is 0 Å². The number of methoxy groups -OCH3 is 1. The highest BCUT2D eigenvalue weighted by Gasteiger charge is 2.27. The number of amides is 2. The van der Waals surface area contributed by atoms with E-state index in [1.54, 1.807) is 7.11 Å². The van der Waals surface area contributed by atoms with E-state index in [1.165, 1.54) is 6.42 Å². The predicted molar refractivity (Wildman–Crippen MR) is 121 cm³/mol. The van der Waals surface area contributed by atoms with Crippen molar-refractivity contribution in [3.05, 3.63) is 29.8 Å². The Bertz CT molecular complexity index is 787. The Morgan fingerprint density at radius 2 is 1.84 bits per heavy atom. The van der Waals surface area contributed by atoms with E-state index in [0.717, 1.165) is 24.9 Å². The Balaban J connectivity index is 1.44. The van der Waals surface area contributed by atoms with Crippen molar-refractivity contribution < 1.29 is 19.1 Å². The third kappa shape index (κ3) is 6.23. The number of allylic oxidation sites excluding steroid dienone is 1. The van der Waals surface area contributed by atoms with Gasteiger partial charge in [-0.15, -0.1) is 0 Å². The van der Waals surface area contributed by atoms with Crippen LogP contribution in [0.2, 0.25) is 0 Å². The fourth-order valence-electron chi connectivity index (χ4n) is 4.24. The first-order valence-electron chi connectivity index (χ1n) is 11.2. The average molecular weight is 430 g/mol. The van der Waals surface area contributed by atoms with Crippen LogP contribution in [-0.4, -0.2) is 85.5 Å². The lowest BCUT2D eigenvalue weighted by Crippen LogP contribution is -2.53. The van der Waals surface area contributed by atoms with E-state index < -0.39 is 0 Å². The summed E-state index contributed by atoms with van der Waals surface area (Å²) < 4.78 is 11.1. The second kappa shape index (κ2) is 11.2. The Hall–Kier alpha value is -2.54. The molecular formula is C24H35N3O4. The van der Waals surface area contributed by atoms with Gasteiger partial charge in [0.2, 0.25) is 5.91 Å². The van der Waals surface area contributed by atoms with Crippen molar-refractivity contribution in [2.75, 3.05) is 53.0 Å². The number of benzene rings is 1. The molecule has 2 saturated heterocycles. The predicted octanol–water partition coefficient (Wildman–Crippen LogP) is 2.65. The van der Waals surface area contributed by atoms with Crippen LogP contribution >= 0.6 is 0 Å². The van der Waals surface area contributed by atoms with E-state index in [1.807, 2.05) is 47.1 Å². The standard InChI is InChI=1S/C24H35N3O4/c1-4-7-20-9-10-21(22(16-20)30-3)31-18-24(29)26-14-12-25(13-15-26)17-23(28)27-11-6-5-8-19(27)2/h4,7,9-10,16,19H,5-6,8,11-15,17-18H2,1-3H3/b7-4+. The van der Waals surface area contributed by atoms with Crippen LogP contribution in [0.25, 0.3) is 6.08 Å². The van der Waals surface area contributed by atoms with Crippen LogP contribution in [0.4, 0.5) is 0 Å². The summed E-state index contributed by atoms with van der Waals surface area (Å²) in [5.74, 6) is 1.33. The van der Waals surface area contributed by atoms with Crippen LogP contribution in [-0.2, 0) is 9.59 Å². The Labute approximate surface area is 185 Å². The van der Waals surface area contributed by atoms with Gasteiger partial charge in [0, 0.05) is 38.8 Å². The molecule has 0 spiro atoms. The van der Waals surface area contributed by atoms with E-state index in [2.05, 4.69) is 11.8 Å². The molecular weight excluding hydrogens is 394 g/mol. The summed E-state index contributed by atoms with van der Waals surface area (Å²) in [7, 11) is 1.59. The minimum atomic E-state index is -0.0461. The highest BCUT2D eigenvalue weighted by Crippen LogP contribution is 2.28. The molecule has 0 N–H and O–H groups in total. The normalized spacial score (nSPS) is 20.2. The number of hydrogen-bond acceptors (Lipinski definition) is 5. The average Bonchev–Trinajstić information content (AvgIpc) is 2.78. The minimum absolute atomic E-state index is 0.0243. The second-order valence-corrected chi connectivity index (χ2v) is 8.29. The van der Waals surface area contributed by atoms with Crippen molar-refractivity contribution in [3.63, 3.8) is 0 Å². The molecule has 2 aliphatic heterocycles. The molecule has 1 atom stereocenters. The number of piperazine rings is 1. The molecule has 0 bridgehead atoms. The molecule has 2 heterocycles.